The molecule has 3 nitrogen and oxygen atoms in total. The van der Waals surface area contributed by atoms with Crippen LogP contribution < -0.4 is 0 Å². The molecule has 1 N–H and O–H groups in total. The first-order chi connectivity index (χ1) is 9.63. The quantitative estimate of drug-likeness (QED) is 0.914. The summed E-state index contributed by atoms with van der Waals surface area (Å²) in [5.41, 5.74) is 3.52. The van der Waals surface area contributed by atoms with E-state index in [0.29, 0.717) is 0 Å². The summed E-state index contributed by atoms with van der Waals surface area (Å²) in [7, 11) is 0. The fourth-order valence-corrected chi connectivity index (χ4v) is 3.68. The standard InChI is InChI=1S/C17H26N2O/c1-13-5-6-14(2)16(10-13)17(20)12-18-8-9-19-7-3-4-15(19)11-18/h5-6,10,15,17,20H,3-4,7-9,11-12H2,1-2H3. The number of β-amino-alcohol motifs (C(OH)–C–C–N with tert-alkyl or cyclic N) is 1. The summed E-state index contributed by atoms with van der Waals surface area (Å²) >= 11 is 0. The van der Waals surface area contributed by atoms with Gasteiger partial charge in [0, 0.05) is 32.2 Å². The fraction of sp³-hybridized carbons (Fsp3) is 0.647. The van der Waals surface area contributed by atoms with Crippen molar-refractivity contribution in [3.8, 4) is 0 Å². The minimum absolute atomic E-state index is 0.358. The number of hydrogen-bond acceptors (Lipinski definition) is 3. The van der Waals surface area contributed by atoms with Crippen LogP contribution in [0.5, 0.6) is 0 Å². The normalized spacial score (nSPS) is 25.6. The Morgan fingerprint density at radius 1 is 1.25 bits per heavy atom. The Kier molecular flexibility index (Phi) is 4.11. The zero-order valence-electron chi connectivity index (χ0n) is 12.7. The van der Waals surface area contributed by atoms with E-state index >= 15 is 0 Å². The summed E-state index contributed by atoms with van der Waals surface area (Å²) in [6.45, 7) is 9.62. The van der Waals surface area contributed by atoms with Crippen LogP contribution in [0.1, 0.15) is 35.6 Å². The molecule has 0 radical (unpaired) electrons. The number of aryl methyl sites for hydroxylation is 2. The topological polar surface area (TPSA) is 26.7 Å². The number of aliphatic hydroxyl groups is 1. The van der Waals surface area contributed by atoms with Crippen LogP contribution >= 0.6 is 0 Å². The van der Waals surface area contributed by atoms with E-state index in [9.17, 15) is 5.11 Å². The molecule has 1 aromatic carbocycles. The Labute approximate surface area is 122 Å². The van der Waals surface area contributed by atoms with Gasteiger partial charge in [0.2, 0.25) is 0 Å². The van der Waals surface area contributed by atoms with Gasteiger partial charge >= 0.3 is 0 Å². The highest BCUT2D eigenvalue weighted by Gasteiger charge is 2.31. The van der Waals surface area contributed by atoms with Crippen LogP contribution in [0, 0.1) is 13.8 Å². The third kappa shape index (κ3) is 2.90. The highest BCUT2D eigenvalue weighted by molar-refractivity contribution is 5.32. The van der Waals surface area contributed by atoms with E-state index in [-0.39, 0.29) is 6.10 Å². The van der Waals surface area contributed by atoms with Crippen molar-refractivity contribution in [1.82, 2.24) is 9.80 Å². The number of hydrogen-bond donors (Lipinski definition) is 1. The number of nitrogens with zero attached hydrogens (tertiary/aromatic N) is 2. The van der Waals surface area contributed by atoms with E-state index in [1.165, 1.54) is 37.1 Å². The lowest BCUT2D eigenvalue weighted by Crippen LogP contribution is -2.50. The van der Waals surface area contributed by atoms with Crippen LogP contribution in [0.25, 0.3) is 0 Å². The molecule has 2 fully saturated rings. The van der Waals surface area contributed by atoms with Crippen molar-refractivity contribution in [3.63, 3.8) is 0 Å². The second-order valence-corrected chi connectivity index (χ2v) is 6.47. The van der Waals surface area contributed by atoms with Crippen molar-refractivity contribution in [2.45, 2.75) is 38.8 Å². The molecular formula is C17H26N2O. The molecule has 2 atom stereocenters. The number of piperazine rings is 1. The number of fused-ring (bicyclic) bond motifs is 1. The van der Waals surface area contributed by atoms with Crippen molar-refractivity contribution in [2.75, 3.05) is 32.7 Å². The molecule has 0 spiro atoms. The number of rotatable bonds is 3. The Morgan fingerprint density at radius 3 is 2.95 bits per heavy atom. The van der Waals surface area contributed by atoms with Crippen molar-refractivity contribution < 1.29 is 5.11 Å². The third-order valence-corrected chi connectivity index (χ3v) is 4.90. The van der Waals surface area contributed by atoms with Gasteiger partial charge < -0.3 is 5.11 Å². The maximum absolute atomic E-state index is 10.6. The Bertz CT molecular complexity index is 474. The first-order valence-electron chi connectivity index (χ1n) is 7.85. The SMILES string of the molecule is Cc1ccc(C)c(C(O)CN2CCN3CCCC3C2)c1. The van der Waals surface area contributed by atoms with Gasteiger partial charge in [-0.15, -0.1) is 0 Å². The summed E-state index contributed by atoms with van der Waals surface area (Å²) in [6, 6.07) is 7.09. The molecule has 0 saturated carbocycles. The van der Waals surface area contributed by atoms with Gasteiger partial charge in [-0.1, -0.05) is 23.8 Å². The predicted molar refractivity (Wildman–Crippen MR) is 81.9 cm³/mol. The van der Waals surface area contributed by atoms with Gasteiger partial charge in [0.1, 0.15) is 0 Å². The fourth-order valence-electron chi connectivity index (χ4n) is 3.68. The first kappa shape index (κ1) is 14.1. The van der Waals surface area contributed by atoms with E-state index in [4.69, 9.17) is 0 Å². The molecule has 2 unspecified atom stereocenters. The Hall–Kier alpha value is -0.900. The van der Waals surface area contributed by atoms with Crippen LogP contribution in [-0.2, 0) is 0 Å². The minimum Gasteiger partial charge on any atom is -0.387 e. The Morgan fingerprint density at radius 2 is 2.10 bits per heavy atom. The summed E-state index contributed by atoms with van der Waals surface area (Å²) in [5, 5.41) is 10.6. The van der Waals surface area contributed by atoms with E-state index < -0.39 is 0 Å². The molecule has 2 aliphatic heterocycles. The van der Waals surface area contributed by atoms with Gasteiger partial charge in [-0.25, -0.2) is 0 Å². The van der Waals surface area contributed by atoms with Gasteiger partial charge in [0.25, 0.3) is 0 Å². The van der Waals surface area contributed by atoms with E-state index in [0.717, 1.165) is 31.2 Å². The van der Waals surface area contributed by atoms with Crippen molar-refractivity contribution >= 4 is 0 Å². The molecule has 0 bridgehead atoms. The lowest BCUT2D eigenvalue weighted by Gasteiger charge is -2.38. The molecule has 2 saturated heterocycles. The van der Waals surface area contributed by atoms with Gasteiger partial charge in [-0.2, -0.15) is 0 Å². The lowest BCUT2D eigenvalue weighted by atomic mass is 10.00. The van der Waals surface area contributed by atoms with Crippen LogP contribution in [0.3, 0.4) is 0 Å². The monoisotopic (exact) mass is 274 g/mol. The molecule has 2 heterocycles. The van der Waals surface area contributed by atoms with E-state index in [1.807, 2.05) is 0 Å². The zero-order valence-corrected chi connectivity index (χ0v) is 12.7. The number of aliphatic hydroxyl groups excluding tert-OH is 1. The van der Waals surface area contributed by atoms with Crippen molar-refractivity contribution in [3.05, 3.63) is 34.9 Å². The van der Waals surface area contributed by atoms with Gasteiger partial charge in [-0.05, 0) is 44.4 Å². The Balaban J connectivity index is 1.64. The summed E-state index contributed by atoms with van der Waals surface area (Å²) in [4.78, 5) is 5.06. The maximum Gasteiger partial charge on any atom is 0.0919 e. The summed E-state index contributed by atoms with van der Waals surface area (Å²) in [6.07, 6.45) is 2.32. The zero-order chi connectivity index (χ0) is 14.1. The molecule has 0 aromatic heterocycles. The second-order valence-electron chi connectivity index (χ2n) is 6.47. The van der Waals surface area contributed by atoms with Crippen LogP contribution in [0.15, 0.2) is 18.2 Å². The van der Waals surface area contributed by atoms with E-state index in [2.05, 4.69) is 41.8 Å². The molecular weight excluding hydrogens is 248 g/mol. The molecule has 1 aromatic rings. The van der Waals surface area contributed by atoms with Gasteiger partial charge in [-0.3, -0.25) is 9.80 Å². The molecule has 20 heavy (non-hydrogen) atoms. The lowest BCUT2D eigenvalue weighted by molar-refractivity contribution is 0.0563. The number of benzene rings is 1. The van der Waals surface area contributed by atoms with Crippen LogP contribution in [0.4, 0.5) is 0 Å². The first-order valence-corrected chi connectivity index (χ1v) is 7.85. The van der Waals surface area contributed by atoms with Crippen LogP contribution in [-0.4, -0.2) is 53.7 Å². The van der Waals surface area contributed by atoms with Gasteiger partial charge in [0.15, 0.2) is 0 Å². The smallest absolute Gasteiger partial charge is 0.0919 e. The molecule has 0 aliphatic carbocycles. The average Bonchev–Trinajstić information content (AvgIpc) is 2.89. The summed E-state index contributed by atoms with van der Waals surface area (Å²) in [5.74, 6) is 0. The maximum atomic E-state index is 10.6. The molecule has 3 rings (SSSR count). The molecule has 3 heteroatoms. The highest BCUT2D eigenvalue weighted by atomic mass is 16.3. The third-order valence-electron chi connectivity index (χ3n) is 4.90. The highest BCUT2D eigenvalue weighted by Crippen LogP contribution is 2.24. The second kappa shape index (κ2) is 5.84. The van der Waals surface area contributed by atoms with E-state index in [1.54, 1.807) is 0 Å². The average molecular weight is 274 g/mol. The molecule has 2 aliphatic rings. The predicted octanol–water partition coefficient (Wildman–Crippen LogP) is 2.12. The molecule has 110 valence electrons. The minimum atomic E-state index is -0.358. The summed E-state index contributed by atoms with van der Waals surface area (Å²) < 4.78 is 0. The van der Waals surface area contributed by atoms with Gasteiger partial charge in [0.05, 0.1) is 6.10 Å². The van der Waals surface area contributed by atoms with Crippen molar-refractivity contribution in [2.24, 2.45) is 0 Å². The van der Waals surface area contributed by atoms with Crippen LogP contribution in [0.2, 0.25) is 0 Å². The largest absolute Gasteiger partial charge is 0.387 e. The molecule has 0 amide bonds. The van der Waals surface area contributed by atoms with Crippen molar-refractivity contribution in [1.29, 1.82) is 0 Å².